The lowest BCUT2D eigenvalue weighted by Crippen LogP contribution is -2.20. The van der Waals surface area contributed by atoms with Crippen LogP contribution in [0.1, 0.15) is 13.8 Å². The van der Waals surface area contributed by atoms with E-state index in [4.69, 9.17) is 0 Å². The van der Waals surface area contributed by atoms with Gasteiger partial charge < -0.3 is 10.4 Å². The molecule has 2 N–H and O–H groups in total. The zero-order valence-corrected chi connectivity index (χ0v) is 5.52. The summed E-state index contributed by atoms with van der Waals surface area (Å²) < 4.78 is 0. The van der Waals surface area contributed by atoms with Crippen molar-refractivity contribution < 1.29 is 5.48 Å². The average molecular weight is 105 g/mol. The maximum absolute atomic E-state index is 2.17. The monoisotopic (exact) mass is 105 g/mol. The van der Waals surface area contributed by atoms with Crippen molar-refractivity contribution >= 4 is 0 Å². The van der Waals surface area contributed by atoms with Crippen LogP contribution in [0.25, 0.3) is 0 Å². The fraction of sp³-hybridized carbons (Fsp3) is 1.00. The molecule has 0 aromatic heterocycles. The summed E-state index contributed by atoms with van der Waals surface area (Å²) in [6.45, 7) is 4.33. The largest absolute Gasteiger partial charge is 0.412 e. The van der Waals surface area contributed by atoms with Crippen LogP contribution in [0, 0.1) is 0 Å². The van der Waals surface area contributed by atoms with E-state index in [9.17, 15) is 0 Å². The Hall–Kier alpha value is -0.0800. The van der Waals surface area contributed by atoms with Gasteiger partial charge in [0.15, 0.2) is 0 Å². The Labute approximate surface area is 45.4 Å². The van der Waals surface area contributed by atoms with Gasteiger partial charge in [-0.1, -0.05) is 0 Å². The zero-order valence-electron chi connectivity index (χ0n) is 5.52. The van der Waals surface area contributed by atoms with Crippen LogP contribution < -0.4 is 0 Å². The van der Waals surface area contributed by atoms with E-state index >= 15 is 0 Å². The molecule has 0 atom stereocenters. The fourth-order valence-electron chi connectivity index (χ4n) is 0. The number of hydrogen-bond donors (Lipinski definition) is 0. The molecule has 0 aliphatic carbocycles. The molecule has 0 aromatic carbocycles. The SMILES string of the molecule is CC(C)N(C)C.O. The maximum atomic E-state index is 2.17. The van der Waals surface area contributed by atoms with Crippen LogP contribution in [0.5, 0.6) is 0 Å². The van der Waals surface area contributed by atoms with Crippen molar-refractivity contribution in [3.05, 3.63) is 0 Å². The molecule has 0 radical (unpaired) electrons. The highest BCUT2D eigenvalue weighted by molar-refractivity contribution is 4.46. The van der Waals surface area contributed by atoms with Crippen LogP contribution in [0.2, 0.25) is 0 Å². The fourth-order valence-corrected chi connectivity index (χ4v) is 0. The molecule has 0 saturated heterocycles. The van der Waals surface area contributed by atoms with Crippen LogP contribution in [-0.2, 0) is 0 Å². The van der Waals surface area contributed by atoms with Crippen molar-refractivity contribution in [3.63, 3.8) is 0 Å². The first kappa shape index (κ1) is 10.0. The third-order valence-corrected chi connectivity index (χ3v) is 1.03. The highest BCUT2D eigenvalue weighted by atomic mass is 16.0. The van der Waals surface area contributed by atoms with E-state index in [-0.39, 0.29) is 5.48 Å². The molecule has 7 heavy (non-hydrogen) atoms. The molecule has 0 aromatic rings. The molecule has 0 saturated carbocycles. The predicted octanol–water partition coefficient (Wildman–Crippen LogP) is 0.132. The number of rotatable bonds is 1. The van der Waals surface area contributed by atoms with Gasteiger partial charge in [0.05, 0.1) is 0 Å². The molecule has 0 unspecified atom stereocenters. The Morgan fingerprint density at radius 1 is 1.14 bits per heavy atom. The Morgan fingerprint density at radius 3 is 1.29 bits per heavy atom. The summed E-state index contributed by atoms with van der Waals surface area (Å²) in [6, 6.07) is 0.685. The molecule has 0 aliphatic heterocycles. The van der Waals surface area contributed by atoms with Crippen molar-refractivity contribution in [2.45, 2.75) is 19.9 Å². The average Bonchev–Trinajstić information content (AvgIpc) is 1.36. The normalized spacial score (nSPS) is 9.43. The molecule has 46 valence electrons. The van der Waals surface area contributed by atoms with Crippen LogP contribution >= 0.6 is 0 Å². The van der Waals surface area contributed by atoms with E-state index in [1.54, 1.807) is 0 Å². The lowest BCUT2D eigenvalue weighted by Gasteiger charge is -2.12. The zero-order chi connectivity index (χ0) is 5.15. The molecule has 0 bridgehead atoms. The molecule has 0 aliphatic rings. The first-order chi connectivity index (χ1) is 2.64. The van der Waals surface area contributed by atoms with E-state index < -0.39 is 0 Å². The van der Waals surface area contributed by atoms with E-state index in [0.29, 0.717) is 6.04 Å². The third kappa shape index (κ3) is 5.92. The highest BCUT2D eigenvalue weighted by Gasteiger charge is 1.90. The second kappa shape index (κ2) is 4.09. The second-order valence-corrected chi connectivity index (χ2v) is 2.06. The molecule has 0 spiro atoms. The van der Waals surface area contributed by atoms with E-state index in [2.05, 4.69) is 32.8 Å². The Bertz CT molecular complexity index is 29.1. The van der Waals surface area contributed by atoms with Gasteiger partial charge in [-0.25, -0.2) is 0 Å². The first-order valence-electron chi connectivity index (χ1n) is 2.31. The van der Waals surface area contributed by atoms with Gasteiger partial charge in [0.25, 0.3) is 0 Å². The van der Waals surface area contributed by atoms with Crippen molar-refractivity contribution in [2.75, 3.05) is 14.1 Å². The molecule has 0 fully saturated rings. The molecule has 0 heterocycles. The standard InChI is InChI=1S/C5H13N.H2O/c1-5(2)6(3)4;/h5H,1-4H3;1H2. The first-order valence-corrected chi connectivity index (χ1v) is 2.31. The Morgan fingerprint density at radius 2 is 1.29 bits per heavy atom. The molecule has 2 heteroatoms. The van der Waals surface area contributed by atoms with E-state index in [1.807, 2.05) is 0 Å². The van der Waals surface area contributed by atoms with E-state index in [0.717, 1.165) is 0 Å². The van der Waals surface area contributed by atoms with Crippen molar-refractivity contribution in [1.82, 2.24) is 4.90 Å². The second-order valence-electron chi connectivity index (χ2n) is 2.06. The van der Waals surface area contributed by atoms with Gasteiger partial charge in [-0.15, -0.1) is 0 Å². The van der Waals surface area contributed by atoms with Gasteiger partial charge in [0.1, 0.15) is 0 Å². The van der Waals surface area contributed by atoms with Gasteiger partial charge in [-0.2, -0.15) is 0 Å². The summed E-state index contributed by atoms with van der Waals surface area (Å²) in [5.41, 5.74) is 0. The Kier molecular flexibility index (Phi) is 5.85. The van der Waals surface area contributed by atoms with Gasteiger partial charge in [-0.05, 0) is 27.9 Å². The molecule has 0 rings (SSSR count). The molecular weight excluding hydrogens is 90.1 g/mol. The lowest BCUT2D eigenvalue weighted by molar-refractivity contribution is 0.335. The smallest absolute Gasteiger partial charge is 0.00324 e. The lowest BCUT2D eigenvalue weighted by atomic mass is 10.4. The minimum atomic E-state index is 0. The molecular formula is C5H15NO. The summed E-state index contributed by atoms with van der Waals surface area (Å²) in [7, 11) is 4.15. The summed E-state index contributed by atoms with van der Waals surface area (Å²) in [4.78, 5) is 2.17. The maximum Gasteiger partial charge on any atom is 0.00324 e. The van der Waals surface area contributed by atoms with Crippen LogP contribution in [0.15, 0.2) is 0 Å². The number of nitrogens with zero attached hydrogens (tertiary/aromatic N) is 1. The van der Waals surface area contributed by atoms with Crippen molar-refractivity contribution in [2.24, 2.45) is 0 Å². The summed E-state index contributed by atoms with van der Waals surface area (Å²) in [5.74, 6) is 0. The summed E-state index contributed by atoms with van der Waals surface area (Å²) >= 11 is 0. The van der Waals surface area contributed by atoms with Crippen LogP contribution in [-0.4, -0.2) is 30.5 Å². The van der Waals surface area contributed by atoms with Gasteiger partial charge in [-0.3, -0.25) is 0 Å². The topological polar surface area (TPSA) is 34.7 Å². The number of hydrogen-bond acceptors (Lipinski definition) is 1. The minimum Gasteiger partial charge on any atom is -0.412 e. The summed E-state index contributed by atoms with van der Waals surface area (Å²) in [6.07, 6.45) is 0. The van der Waals surface area contributed by atoms with Gasteiger partial charge >= 0.3 is 0 Å². The van der Waals surface area contributed by atoms with Crippen molar-refractivity contribution in [3.8, 4) is 0 Å². The minimum absolute atomic E-state index is 0. The Balaban J connectivity index is 0. The van der Waals surface area contributed by atoms with Crippen molar-refractivity contribution in [1.29, 1.82) is 0 Å². The molecule has 2 nitrogen and oxygen atoms in total. The highest BCUT2D eigenvalue weighted by Crippen LogP contribution is 1.84. The van der Waals surface area contributed by atoms with Gasteiger partial charge in [0.2, 0.25) is 0 Å². The van der Waals surface area contributed by atoms with Gasteiger partial charge in [0, 0.05) is 6.04 Å². The van der Waals surface area contributed by atoms with Crippen LogP contribution in [0.4, 0.5) is 0 Å². The van der Waals surface area contributed by atoms with Crippen LogP contribution in [0.3, 0.4) is 0 Å². The molecule has 0 amide bonds. The third-order valence-electron chi connectivity index (χ3n) is 1.03. The predicted molar refractivity (Wildman–Crippen MR) is 32.4 cm³/mol. The van der Waals surface area contributed by atoms with E-state index in [1.165, 1.54) is 0 Å². The summed E-state index contributed by atoms with van der Waals surface area (Å²) in [5, 5.41) is 0. The quantitative estimate of drug-likeness (QED) is 0.467.